The average molecular weight is 691 g/mol. The standard InChI is InChI=1S/C43H34N2O7/c1-25-23-33(34(45(49)50)24-26(25)2)44-39(46)37-38(40(44)47)43(30-13-9-6-10-14-30)36(28-17-21-32(52-4)22-18-28)35(27-15-19-31(51-3)20-16-27)42(37,41(43)48)29-11-7-5-8-12-29/h5-24,37-38H,1-4H3/t37-,38+,42-,43-/m1/s1. The quantitative estimate of drug-likeness (QED) is 0.0946. The van der Waals surface area contributed by atoms with E-state index in [-0.39, 0.29) is 17.2 Å². The van der Waals surface area contributed by atoms with E-state index in [2.05, 4.69) is 0 Å². The van der Waals surface area contributed by atoms with Crippen LogP contribution < -0.4 is 14.4 Å². The van der Waals surface area contributed by atoms with Crippen molar-refractivity contribution in [2.75, 3.05) is 19.1 Å². The molecule has 9 nitrogen and oxygen atoms in total. The lowest BCUT2D eigenvalue weighted by molar-refractivity contribution is -0.384. The fraction of sp³-hybridized carbons (Fsp3) is 0.186. The second-order valence-corrected chi connectivity index (χ2v) is 13.5. The molecule has 0 radical (unpaired) electrons. The molecule has 8 rings (SSSR count). The zero-order valence-corrected chi connectivity index (χ0v) is 29.0. The highest BCUT2D eigenvalue weighted by atomic mass is 16.6. The fourth-order valence-corrected chi connectivity index (χ4v) is 8.99. The van der Waals surface area contributed by atoms with Gasteiger partial charge in [-0.2, -0.15) is 0 Å². The Hall–Kier alpha value is -6.35. The number of amides is 2. The Labute approximate surface area is 300 Å². The predicted molar refractivity (Wildman–Crippen MR) is 196 cm³/mol. The molecule has 1 aliphatic heterocycles. The number of carbonyl (C=O) groups excluding carboxylic acids is 3. The van der Waals surface area contributed by atoms with Crippen LogP contribution in [0.2, 0.25) is 0 Å². The van der Waals surface area contributed by atoms with Gasteiger partial charge in [0.1, 0.15) is 17.2 Å². The number of fused-ring (bicyclic) bond motifs is 5. The summed E-state index contributed by atoms with van der Waals surface area (Å²) in [5.41, 5.74) is 1.20. The van der Waals surface area contributed by atoms with Crippen molar-refractivity contribution in [2.45, 2.75) is 24.7 Å². The lowest BCUT2D eigenvalue weighted by Crippen LogP contribution is -2.45. The van der Waals surface area contributed by atoms with Gasteiger partial charge in [-0.1, -0.05) is 84.9 Å². The van der Waals surface area contributed by atoms with E-state index in [0.717, 1.165) is 4.90 Å². The van der Waals surface area contributed by atoms with Gasteiger partial charge in [0.25, 0.3) is 5.69 Å². The van der Waals surface area contributed by atoms with Gasteiger partial charge in [0.2, 0.25) is 11.8 Å². The summed E-state index contributed by atoms with van der Waals surface area (Å²) in [7, 11) is 3.14. The van der Waals surface area contributed by atoms with E-state index in [1.807, 2.05) is 109 Å². The third-order valence-electron chi connectivity index (χ3n) is 11.2. The summed E-state index contributed by atoms with van der Waals surface area (Å²) in [4.78, 5) is 59.7. The molecule has 5 aromatic carbocycles. The normalized spacial score (nSPS) is 23.3. The van der Waals surface area contributed by atoms with E-state index in [4.69, 9.17) is 9.47 Å². The number of ether oxygens (including phenoxy) is 2. The number of methoxy groups -OCH3 is 2. The first-order chi connectivity index (χ1) is 25.1. The highest BCUT2D eigenvalue weighted by molar-refractivity contribution is 6.39. The molecule has 0 aromatic heterocycles. The van der Waals surface area contributed by atoms with Crippen LogP contribution in [0.15, 0.2) is 121 Å². The minimum Gasteiger partial charge on any atom is -0.497 e. The fourth-order valence-electron chi connectivity index (χ4n) is 8.99. The smallest absolute Gasteiger partial charge is 0.293 e. The summed E-state index contributed by atoms with van der Waals surface area (Å²) < 4.78 is 11.0. The van der Waals surface area contributed by atoms with E-state index in [9.17, 15) is 10.1 Å². The largest absolute Gasteiger partial charge is 0.497 e. The van der Waals surface area contributed by atoms with Crippen LogP contribution in [-0.2, 0) is 25.2 Å². The van der Waals surface area contributed by atoms with Gasteiger partial charge in [-0.15, -0.1) is 0 Å². The number of benzene rings is 5. The Morgan fingerprint density at radius 2 is 1.02 bits per heavy atom. The molecule has 5 aromatic rings. The predicted octanol–water partition coefficient (Wildman–Crippen LogP) is 7.42. The highest BCUT2D eigenvalue weighted by Gasteiger charge is 2.83. The summed E-state index contributed by atoms with van der Waals surface area (Å²) in [5, 5.41) is 12.5. The molecule has 4 atom stereocenters. The lowest BCUT2D eigenvalue weighted by atomic mass is 9.59. The van der Waals surface area contributed by atoms with Gasteiger partial charge in [-0.05, 0) is 88.7 Å². The third kappa shape index (κ3) is 4.19. The number of allylic oxidation sites excluding steroid dienone is 2. The molecule has 2 aliphatic carbocycles. The number of imide groups is 1. The van der Waals surface area contributed by atoms with Crippen LogP contribution in [0.25, 0.3) is 11.1 Å². The minimum absolute atomic E-state index is 0.104. The second-order valence-electron chi connectivity index (χ2n) is 13.5. The molecule has 0 spiro atoms. The molecule has 3 aliphatic rings. The number of nitrogens with zero attached hydrogens (tertiary/aromatic N) is 2. The Bertz CT molecular complexity index is 2210. The number of carbonyl (C=O) groups is 3. The Morgan fingerprint density at radius 3 is 1.40 bits per heavy atom. The molecule has 258 valence electrons. The first-order valence-corrected chi connectivity index (χ1v) is 17.0. The van der Waals surface area contributed by atoms with Crippen molar-refractivity contribution in [2.24, 2.45) is 11.8 Å². The molecule has 2 fully saturated rings. The van der Waals surface area contributed by atoms with Gasteiger partial charge >= 0.3 is 0 Å². The Morgan fingerprint density at radius 1 is 0.615 bits per heavy atom. The molecule has 0 unspecified atom stereocenters. The van der Waals surface area contributed by atoms with Gasteiger partial charge in [-0.25, -0.2) is 4.90 Å². The maximum atomic E-state index is 16.1. The molecular weight excluding hydrogens is 656 g/mol. The van der Waals surface area contributed by atoms with Gasteiger partial charge in [0, 0.05) is 6.07 Å². The van der Waals surface area contributed by atoms with Crippen LogP contribution in [0.4, 0.5) is 11.4 Å². The number of nitro groups is 1. The van der Waals surface area contributed by atoms with Crippen LogP contribution in [0, 0.1) is 35.8 Å². The third-order valence-corrected chi connectivity index (χ3v) is 11.2. The van der Waals surface area contributed by atoms with Crippen LogP contribution >= 0.6 is 0 Å². The number of hydrogen-bond acceptors (Lipinski definition) is 7. The van der Waals surface area contributed by atoms with Crippen molar-refractivity contribution in [3.63, 3.8) is 0 Å². The summed E-state index contributed by atoms with van der Waals surface area (Å²) in [6, 6.07) is 35.9. The SMILES string of the molecule is COc1ccc(C2=C(c3ccc(OC)cc3)[C@@]3(c4ccccc4)C(=O)[C@@]2(c2ccccc2)[C@@H]2C(=O)N(c4cc(C)c(C)cc4[N+](=O)[O-])C(=O)[C@@H]23)cc1. The average Bonchev–Trinajstić information content (AvgIpc) is 3.68. The van der Waals surface area contributed by atoms with Crippen molar-refractivity contribution in [3.8, 4) is 11.5 Å². The van der Waals surface area contributed by atoms with Gasteiger partial charge < -0.3 is 9.47 Å². The van der Waals surface area contributed by atoms with Crippen LogP contribution in [-0.4, -0.2) is 36.7 Å². The number of aryl methyl sites for hydroxylation is 2. The highest BCUT2D eigenvalue weighted by Crippen LogP contribution is 2.74. The zero-order chi connectivity index (χ0) is 36.5. The molecule has 0 N–H and O–H groups in total. The number of nitro benzene ring substituents is 1. The van der Waals surface area contributed by atoms with Crippen LogP contribution in [0.1, 0.15) is 33.4 Å². The summed E-state index contributed by atoms with van der Waals surface area (Å²) in [6.45, 7) is 3.53. The van der Waals surface area contributed by atoms with Crippen molar-refractivity contribution >= 4 is 40.1 Å². The van der Waals surface area contributed by atoms with Crippen molar-refractivity contribution in [1.29, 1.82) is 0 Å². The number of rotatable bonds is 8. The molecular formula is C43H34N2O7. The van der Waals surface area contributed by atoms with Crippen molar-refractivity contribution in [1.82, 2.24) is 0 Å². The second kappa shape index (κ2) is 11.9. The van der Waals surface area contributed by atoms with Gasteiger partial charge in [-0.3, -0.25) is 24.5 Å². The Balaban J connectivity index is 1.54. The van der Waals surface area contributed by atoms with E-state index in [1.54, 1.807) is 28.1 Å². The number of ketones is 1. The monoisotopic (exact) mass is 690 g/mol. The van der Waals surface area contributed by atoms with E-state index >= 15 is 14.4 Å². The molecule has 52 heavy (non-hydrogen) atoms. The molecule has 1 saturated heterocycles. The zero-order valence-electron chi connectivity index (χ0n) is 29.0. The topological polar surface area (TPSA) is 116 Å². The van der Waals surface area contributed by atoms with E-state index in [0.29, 0.717) is 56.0 Å². The molecule has 2 amide bonds. The van der Waals surface area contributed by atoms with Crippen molar-refractivity contribution in [3.05, 3.63) is 165 Å². The lowest BCUT2D eigenvalue weighted by Gasteiger charge is -2.39. The number of anilines is 1. The maximum Gasteiger partial charge on any atom is 0.293 e. The van der Waals surface area contributed by atoms with Crippen LogP contribution in [0.3, 0.4) is 0 Å². The molecule has 1 saturated carbocycles. The van der Waals surface area contributed by atoms with E-state index < -0.39 is 39.4 Å². The summed E-state index contributed by atoms with van der Waals surface area (Å²) in [6.07, 6.45) is 0. The summed E-state index contributed by atoms with van der Waals surface area (Å²) >= 11 is 0. The minimum atomic E-state index is -1.67. The van der Waals surface area contributed by atoms with Crippen molar-refractivity contribution < 1.29 is 28.8 Å². The molecule has 2 bridgehead atoms. The van der Waals surface area contributed by atoms with E-state index in [1.165, 1.54) is 12.1 Å². The maximum absolute atomic E-state index is 16.1. The van der Waals surface area contributed by atoms with Gasteiger partial charge in [0.15, 0.2) is 5.78 Å². The summed E-state index contributed by atoms with van der Waals surface area (Å²) in [5.74, 6) is -2.85. The molecule has 9 heteroatoms. The van der Waals surface area contributed by atoms with Crippen LogP contribution in [0.5, 0.6) is 11.5 Å². The first kappa shape index (κ1) is 32.8. The number of hydrogen-bond donors (Lipinski definition) is 0. The molecule has 1 heterocycles. The number of Topliss-reactive ketones (excluding diaryl/α,β-unsaturated/α-hetero) is 1. The van der Waals surface area contributed by atoms with Gasteiger partial charge in [0.05, 0.1) is 41.8 Å². The first-order valence-electron chi connectivity index (χ1n) is 17.0. The Kier molecular flexibility index (Phi) is 7.50.